The molecule has 0 fully saturated rings. The van der Waals surface area contributed by atoms with E-state index in [2.05, 4.69) is 15.4 Å². The van der Waals surface area contributed by atoms with Gasteiger partial charge < -0.3 is 4.74 Å². The summed E-state index contributed by atoms with van der Waals surface area (Å²) >= 11 is 7.31. The van der Waals surface area contributed by atoms with Crippen LogP contribution in [-0.2, 0) is 4.79 Å². The van der Waals surface area contributed by atoms with Gasteiger partial charge in [0, 0.05) is 22.0 Å². The van der Waals surface area contributed by atoms with Crippen LogP contribution in [0.1, 0.15) is 5.56 Å². The third-order valence-electron chi connectivity index (χ3n) is 4.00. The number of benzene rings is 2. The van der Waals surface area contributed by atoms with E-state index in [9.17, 15) is 4.79 Å². The maximum atomic E-state index is 12.2. The number of carbonyl (C=O) groups is 1. The number of thiazole rings is 1. The Morgan fingerprint density at radius 2 is 1.93 bits per heavy atom. The first-order chi connectivity index (χ1) is 13.6. The number of amides is 1. The first-order valence-corrected chi connectivity index (χ1v) is 9.61. The molecule has 0 aliphatic rings. The summed E-state index contributed by atoms with van der Waals surface area (Å²) in [5.41, 5.74) is 2.75. The van der Waals surface area contributed by atoms with Crippen molar-refractivity contribution in [2.24, 2.45) is 0 Å². The van der Waals surface area contributed by atoms with Gasteiger partial charge in [0.05, 0.1) is 12.8 Å². The molecule has 1 amide bonds. The predicted molar refractivity (Wildman–Crippen MR) is 112 cm³/mol. The van der Waals surface area contributed by atoms with Crippen molar-refractivity contribution in [1.82, 2.24) is 14.6 Å². The Labute approximate surface area is 170 Å². The molecule has 0 unspecified atom stereocenters. The van der Waals surface area contributed by atoms with Crippen LogP contribution in [-0.4, -0.2) is 27.6 Å². The minimum atomic E-state index is -0.306. The quantitative estimate of drug-likeness (QED) is 0.481. The summed E-state index contributed by atoms with van der Waals surface area (Å²) in [4.78, 5) is 17.2. The average Bonchev–Trinajstić information content (AvgIpc) is 3.28. The summed E-state index contributed by atoms with van der Waals surface area (Å²) in [7, 11) is 1.63. The molecule has 0 radical (unpaired) electrons. The third kappa shape index (κ3) is 3.90. The molecule has 4 rings (SSSR count). The van der Waals surface area contributed by atoms with Gasteiger partial charge in [-0.05, 0) is 48.0 Å². The molecule has 0 bridgehead atoms. The van der Waals surface area contributed by atoms with E-state index in [-0.39, 0.29) is 11.9 Å². The number of hydrogen-bond acceptors (Lipinski definition) is 5. The van der Waals surface area contributed by atoms with Gasteiger partial charge in [-0.15, -0.1) is 16.4 Å². The SMILES string of the molecule is COc1ccc(-c2csc3nc(NC(=O)/C=C/c4ccc(Cl)cc4)nn23)cc1. The zero-order valence-corrected chi connectivity index (χ0v) is 16.4. The van der Waals surface area contributed by atoms with Gasteiger partial charge in [-0.2, -0.15) is 4.98 Å². The summed E-state index contributed by atoms with van der Waals surface area (Å²) in [5, 5.41) is 9.71. The van der Waals surface area contributed by atoms with E-state index in [0.717, 1.165) is 22.6 Å². The van der Waals surface area contributed by atoms with Crippen molar-refractivity contribution >= 4 is 45.8 Å². The lowest BCUT2D eigenvalue weighted by molar-refractivity contribution is -0.111. The maximum absolute atomic E-state index is 12.2. The first-order valence-electron chi connectivity index (χ1n) is 8.36. The zero-order valence-electron chi connectivity index (χ0n) is 14.8. The fourth-order valence-electron chi connectivity index (χ4n) is 2.59. The number of methoxy groups -OCH3 is 1. The Balaban J connectivity index is 1.51. The second kappa shape index (κ2) is 7.84. The molecule has 0 atom stereocenters. The number of halogens is 1. The second-order valence-corrected chi connectivity index (χ2v) is 7.13. The minimum absolute atomic E-state index is 0.257. The lowest BCUT2D eigenvalue weighted by Crippen LogP contribution is -2.09. The van der Waals surface area contributed by atoms with Crippen LogP contribution >= 0.6 is 22.9 Å². The molecule has 0 aliphatic carbocycles. The van der Waals surface area contributed by atoms with E-state index >= 15 is 0 Å². The Morgan fingerprint density at radius 3 is 2.64 bits per heavy atom. The van der Waals surface area contributed by atoms with Gasteiger partial charge in [0.15, 0.2) is 0 Å². The van der Waals surface area contributed by atoms with Crippen LogP contribution in [0.15, 0.2) is 60.0 Å². The van der Waals surface area contributed by atoms with Crippen LogP contribution in [0.25, 0.3) is 22.3 Å². The number of aromatic nitrogens is 3. The molecule has 4 aromatic rings. The lowest BCUT2D eigenvalue weighted by Gasteiger charge is -2.01. The van der Waals surface area contributed by atoms with Gasteiger partial charge in [-0.3, -0.25) is 10.1 Å². The summed E-state index contributed by atoms with van der Waals surface area (Å²) in [6.07, 6.45) is 3.13. The monoisotopic (exact) mass is 410 g/mol. The Hall–Kier alpha value is -3.16. The molecule has 8 heteroatoms. The van der Waals surface area contributed by atoms with E-state index in [1.165, 1.54) is 17.4 Å². The molecule has 2 aromatic carbocycles. The van der Waals surface area contributed by atoms with Gasteiger partial charge in [-0.1, -0.05) is 23.7 Å². The molecule has 140 valence electrons. The van der Waals surface area contributed by atoms with Crippen LogP contribution in [0.4, 0.5) is 5.95 Å². The van der Waals surface area contributed by atoms with Crippen molar-refractivity contribution in [2.75, 3.05) is 12.4 Å². The van der Waals surface area contributed by atoms with Crippen molar-refractivity contribution in [3.05, 3.63) is 70.6 Å². The van der Waals surface area contributed by atoms with E-state index in [0.29, 0.717) is 9.98 Å². The molecule has 28 heavy (non-hydrogen) atoms. The Morgan fingerprint density at radius 1 is 1.18 bits per heavy atom. The zero-order chi connectivity index (χ0) is 19.5. The molecular weight excluding hydrogens is 396 g/mol. The Kier molecular flexibility index (Phi) is 5.10. The van der Waals surface area contributed by atoms with Crippen molar-refractivity contribution in [3.8, 4) is 17.0 Å². The third-order valence-corrected chi connectivity index (χ3v) is 5.07. The van der Waals surface area contributed by atoms with Crippen LogP contribution in [0.3, 0.4) is 0 Å². The summed E-state index contributed by atoms with van der Waals surface area (Å²) in [6, 6.07) is 14.9. The van der Waals surface area contributed by atoms with Crippen LogP contribution in [0, 0.1) is 0 Å². The van der Waals surface area contributed by atoms with Crippen LogP contribution in [0.2, 0.25) is 5.02 Å². The molecule has 0 spiro atoms. The number of rotatable bonds is 5. The maximum Gasteiger partial charge on any atom is 0.250 e. The molecule has 1 N–H and O–H groups in total. The molecule has 2 aromatic heterocycles. The normalized spacial score (nSPS) is 11.2. The van der Waals surface area contributed by atoms with Gasteiger partial charge in [0.1, 0.15) is 5.75 Å². The first kappa shape index (κ1) is 18.2. The largest absolute Gasteiger partial charge is 0.497 e. The van der Waals surface area contributed by atoms with Crippen molar-refractivity contribution < 1.29 is 9.53 Å². The average molecular weight is 411 g/mol. The number of ether oxygens (including phenoxy) is 1. The van der Waals surface area contributed by atoms with E-state index in [1.54, 1.807) is 29.8 Å². The predicted octanol–water partition coefficient (Wildman–Crippen LogP) is 4.77. The van der Waals surface area contributed by atoms with Crippen LogP contribution in [0.5, 0.6) is 5.75 Å². The number of nitrogens with one attached hydrogen (secondary N) is 1. The fourth-order valence-corrected chi connectivity index (χ4v) is 3.55. The highest BCUT2D eigenvalue weighted by molar-refractivity contribution is 7.15. The fraction of sp³-hybridized carbons (Fsp3) is 0.0500. The summed E-state index contributed by atoms with van der Waals surface area (Å²) in [5.74, 6) is 0.737. The standard InChI is InChI=1S/C20H15ClN4O2S/c1-27-16-9-5-14(6-10-16)17-12-28-20-23-19(24-25(17)20)22-18(26)11-4-13-2-7-15(21)8-3-13/h2-12H,1H3,(H,22,24,26)/b11-4+. The summed E-state index contributed by atoms with van der Waals surface area (Å²) in [6.45, 7) is 0. The highest BCUT2D eigenvalue weighted by Crippen LogP contribution is 2.27. The van der Waals surface area contributed by atoms with Crippen LogP contribution < -0.4 is 10.1 Å². The van der Waals surface area contributed by atoms with E-state index in [1.807, 2.05) is 41.8 Å². The number of anilines is 1. The van der Waals surface area contributed by atoms with Crippen molar-refractivity contribution in [2.45, 2.75) is 0 Å². The van der Waals surface area contributed by atoms with Gasteiger partial charge in [0.2, 0.25) is 4.96 Å². The van der Waals surface area contributed by atoms with Gasteiger partial charge in [-0.25, -0.2) is 4.52 Å². The number of hydrogen-bond donors (Lipinski definition) is 1. The van der Waals surface area contributed by atoms with E-state index < -0.39 is 0 Å². The molecule has 0 aliphatic heterocycles. The topological polar surface area (TPSA) is 68.5 Å². The highest BCUT2D eigenvalue weighted by atomic mass is 35.5. The Bertz CT molecular complexity index is 1150. The van der Waals surface area contributed by atoms with Gasteiger partial charge in [0.25, 0.3) is 11.9 Å². The molecule has 2 heterocycles. The molecular formula is C20H15ClN4O2S. The van der Waals surface area contributed by atoms with Gasteiger partial charge >= 0.3 is 0 Å². The van der Waals surface area contributed by atoms with Crippen molar-refractivity contribution in [1.29, 1.82) is 0 Å². The second-order valence-electron chi connectivity index (χ2n) is 5.85. The van der Waals surface area contributed by atoms with Crippen molar-refractivity contribution in [3.63, 3.8) is 0 Å². The lowest BCUT2D eigenvalue weighted by atomic mass is 10.2. The summed E-state index contributed by atoms with van der Waals surface area (Å²) < 4.78 is 6.90. The number of carbonyl (C=O) groups excluding carboxylic acids is 1. The molecule has 6 nitrogen and oxygen atoms in total. The number of fused-ring (bicyclic) bond motifs is 1. The molecule has 0 saturated heterocycles. The van der Waals surface area contributed by atoms with E-state index in [4.69, 9.17) is 16.3 Å². The minimum Gasteiger partial charge on any atom is -0.497 e. The highest BCUT2D eigenvalue weighted by Gasteiger charge is 2.12. The number of nitrogens with zero attached hydrogens (tertiary/aromatic N) is 3. The molecule has 0 saturated carbocycles. The smallest absolute Gasteiger partial charge is 0.250 e.